The molecule has 0 spiro atoms. The molecule has 0 saturated carbocycles. The van der Waals surface area contributed by atoms with Gasteiger partial charge < -0.3 is 16.2 Å². The molecule has 1 aromatic carbocycles. The summed E-state index contributed by atoms with van der Waals surface area (Å²) in [5.74, 6) is 2.22. The molecule has 1 aliphatic heterocycles. The first-order valence-electron chi connectivity index (χ1n) is 6.93. The van der Waals surface area contributed by atoms with Crippen LogP contribution in [0.15, 0.2) is 18.2 Å². The number of para-hydroxylation sites is 1. The average Bonchev–Trinajstić information content (AvgIpc) is 3.10. The van der Waals surface area contributed by atoms with Crippen LogP contribution in [0.5, 0.6) is 11.5 Å². The third-order valence-corrected chi connectivity index (χ3v) is 3.77. The largest absolute Gasteiger partial charge is 0.450 e. The summed E-state index contributed by atoms with van der Waals surface area (Å²) < 4.78 is 5.10. The zero-order valence-electron chi connectivity index (χ0n) is 11.6. The van der Waals surface area contributed by atoms with E-state index in [4.69, 9.17) is 16.2 Å². The van der Waals surface area contributed by atoms with E-state index >= 15 is 0 Å². The molecule has 0 aromatic heterocycles. The van der Waals surface area contributed by atoms with Gasteiger partial charge in [-0.3, -0.25) is 0 Å². The van der Waals surface area contributed by atoms with Crippen LogP contribution in [0.3, 0.4) is 0 Å². The van der Waals surface area contributed by atoms with Crippen molar-refractivity contribution in [2.75, 3.05) is 0 Å². The number of nitrogens with two attached hydrogens (primary N) is 2. The lowest BCUT2D eigenvalue weighted by molar-refractivity contribution is 0.551. The molecule has 1 heterocycles. The maximum absolute atomic E-state index is 5.38. The van der Waals surface area contributed by atoms with Gasteiger partial charge >= 0.3 is 0 Å². The molecule has 0 unspecified atom stereocenters. The summed E-state index contributed by atoms with van der Waals surface area (Å²) >= 11 is 0. The normalized spacial score (nSPS) is 11.6. The van der Waals surface area contributed by atoms with Crippen LogP contribution in [0, 0.1) is 0 Å². The summed E-state index contributed by atoms with van der Waals surface area (Å²) in [4.78, 5) is 0. The predicted molar refractivity (Wildman–Crippen MR) is 81.6 cm³/mol. The van der Waals surface area contributed by atoms with E-state index in [0.717, 1.165) is 28.2 Å². The van der Waals surface area contributed by atoms with Gasteiger partial charge in [-0.1, -0.05) is 51.2 Å². The van der Waals surface area contributed by atoms with Crippen LogP contribution >= 0.6 is 0 Å². The Morgan fingerprint density at radius 1 is 1.17 bits per heavy atom. The highest BCUT2D eigenvalue weighted by molar-refractivity contribution is 6.35. The van der Waals surface area contributed by atoms with Gasteiger partial charge in [0, 0.05) is 10.2 Å². The number of benzene rings is 1. The van der Waals surface area contributed by atoms with E-state index in [-0.39, 0.29) is 6.17 Å². The van der Waals surface area contributed by atoms with Gasteiger partial charge in [0.2, 0.25) is 0 Å². The Bertz CT molecular complexity index is 356. The molecule has 0 fully saturated rings. The molecule has 1 aromatic rings. The van der Waals surface area contributed by atoms with Crippen LogP contribution in [0.2, 0.25) is 0 Å². The summed E-state index contributed by atoms with van der Waals surface area (Å²) in [6.07, 6.45) is 7.35. The summed E-state index contributed by atoms with van der Waals surface area (Å²) in [6.45, 7) is 2.22. The number of fused-ring (bicyclic) bond motifs is 1. The van der Waals surface area contributed by atoms with Gasteiger partial charge in [0.25, 0.3) is 0 Å². The summed E-state index contributed by atoms with van der Waals surface area (Å²) in [6, 6.07) is 6.14. The Morgan fingerprint density at radius 2 is 1.89 bits per heavy atom. The van der Waals surface area contributed by atoms with E-state index < -0.39 is 0 Å². The highest BCUT2D eigenvalue weighted by atomic mass is 28.1. The first-order valence-corrected chi connectivity index (χ1v) is 7.93. The van der Waals surface area contributed by atoms with Gasteiger partial charge in [-0.05, 0) is 17.7 Å². The molecule has 4 N–H and O–H groups in total. The fourth-order valence-corrected chi connectivity index (χ4v) is 2.35. The van der Waals surface area contributed by atoms with Crippen molar-refractivity contribution in [3.63, 3.8) is 0 Å². The van der Waals surface area contributed by atoms with Crippen molar-refractivity contribution in [3.8, 4) is 11.5 Å². The molecule has 2 rings (SSSR count). The third kappa shape index (κ3) is 6.19. The van der Waals surface area contributed by atoms with Crippen LogP contribution in [0.1, 0.15) is 45.4 Å². The van der Waals surface area contributed by atoms with Crippen molar-refractivity contribution < 1.29 is 4.74 Å². The molecule has 0 atom stereocenters. The molecular formula is C14H26N2OSi. The molecule has 0 amide bonds. The van der Waals surface area contributed by atoms with Crippen molar-refractivity contribution in [2.24, 2.45) is 11.5 Å². The third-order valence-electron chi connectivity index (χ3n) is 2.99. The quantitative estimate of drug-likeness (QED) is 0.359. The second-order valence-corrected chi connectivity index (χ2v) is 5.95. The molecule has 0 radical (unpaired) electrons. The number of ether oxygens (including phenoxy) is 1. The minimum Gasteiger partial charge on any atom is -0.450 e. The van der Waals surface area contributed by atoms with E-state index in [1.165, 1.54) is 37.3 Å². The van der Waals surface area contributed by atoms with Crippen LogP contribution in [-0.2, 0) is 0 Å². The Hall–Kier alpha value is -0.843. The topological polar surface area (TPSA) is 64.6 Å². The van der Waals surface area contributed by atoms with Gasteiger partial charge in [-0.2, -0.15) is 0 Å². The van der Waals surface area contributed by atoms with Crippen molar-refractivity contribution in [1.82, 2.24) is 0 Å². The Labute approximate surface area is 113 Å². The molecule has 0 aliphatic carbocycles. The maximum atomic E-state index is 5.38. The van der Waals surface area contributed by atoms with Gasteiger partial charge in [0.05, 0.1) is 6.17 Å². The van der Waals surface area contributed by atoms with E-state index in [2.05, 4.69) is 13.0 Å². The Kier molecular flexibility index (Phi) is 7.01. The molecule has 0 saturated heterocycles. The number of hydrogen-bond acceptors (Lipinski definition) is 3. The summed E-state index contributed by atoms with van der Waals surface area (Å²) in [5.41, 5.74) is 10.8. The summed E-state index contributed by atoms with van der Waals surface area (Å²) in [5, 5.41) is 1.38. The predicted octanol–water partition coefficient (Wildman–Crippen LogP) is 1.37. The molecule has 3 nitrogen and oxygen atoms in total. The molecule has 102 valence electrons. The molecule has 18 heavy (non-hydrogen) atoms. The van der Waals surface area contributed by atoms with E-state index in [1.54, 1.807) is 0 Å². The molecule has 0 bridgehead atoms. The van der Waals surface area contributed by atoms with Crippen molar-refractivity contribution in [2.45, 2.75) is 51.6 Å². The van der Waals surface area contributed by atoms with Gasteiger partial charge in [-0.15, -0.1) is 0 Å². The van der Waals surface area contributed by atoms with Crippen molar-refractivity contribution in [1.29, 1.82) is 0 Å². The highest BCUT2D eigenvalue weighted by Crippen LogP contribution is 2.41. The SMILES string of the molecule is CCCCCCCC(N)N.[SiH3]c1cccc2c1O2. The van der Waals surface area contributed by atoms with Gasteiger partial charge in [0.15, 0.2) is 11.5 Å². The zero-order chi connectivity index (χ0) is 13.4. The monoisotopic (exact) mass is 266 g/mol. The maximum Gasteiger partial charge on any atom is 0.169 e. The molecular weight excluding hydrogens is 240 g/mol. The lowest BCUT2D eigenvalue weighted by atomic mass is 10.1. The number of hydrogen-bond donors (Lipinski definition) is 2. The average molecular weight is 266 g/mol. The Morgan fingerprint density at radius 3 is 2.44 bits per heavy atom. The minimum atomic E-state index is -0.0957. The van der Waals surface area contributed by atoms with E-state index in [0.29, 0.717) is 0 Å². The van der Waals surface area contributed by atoms with Gasteiger partial charge in [-0.25, -0.2) is 0 Å². The van der Waals surface area contributed by atoms with Crippen molar-refractivity contribution >= 4 is 15.4 Å². The lowest BCUT2D eigenvalue weighted by Gasteiger charge is -2.03. The lowest BCUT2D eigenvalue weighted by Crippen LogP contribution is -2.29. The van der Waals surface area contributed by atoms with Crippen molar-refractivity contribution in [3.05, 3.63) is 18.2 Å². The molecule has 1 aliphatic rings. The second kappa shape index (κ2) is 8.29. The van der Waals surface area contributed by atoms with Crippen LogP contribution in [0.25, 0.3) is 0 Å². The fraction of sp³-hybridized carbons (Fsp3) is 0.571. The highest BCUT2D eigenvalue weighted by Gasteiger charge is 2.20. The van der Waals surface area contributed by atoms with E-state index in [9.17, 15) is 0 Å². The van der Waals surface area contributed by atoms with Crippen LogP contribution < -0.4 is 21.4 Å². The standard InChI is InChI=1S/C8H20N2.C6H6OSi/c1-2-3-4-5-6-7-8(9)10;8-5-3-1-2-4-6(5)7-4/h8H,2-7,9-10H2,1H3;1-3H,8H3. The first-order chi connectivity index (χ1) is 8.65. The Balaban J connectivity index is 0.000000182. The number of rotatable bonds is 6. The van der Waals surface area contributed by atoms with Gasteiger partial charge in [0.1, 0.15) is 0 Å². The van der Waals surface area contributed by atoms with Crippen LogP contribution in [0.4, 0.5) is 0 Å². The zero-order valence-corrected chi connectivity index (χ0v) is 13.6. The second-order valence-electron chi connectivity index (χ2n) is 4.87. The van der Waals surface area contributed by atoms with Crippen LogP contribution in [-0.4, -0.2) is 16.4 Å². The van der Waals surface area contributed by atoms with E-state index in [1.807, 2.05) is 12.1 Å². The first kappa shape index (κ1) is 15.2. The minimum absolute atomic E-state index is 0.0957. The smallest absolute Gasteiger partial charge is 0.169 e. The fourth-order valence-electron chi connectivity index (χ4n) is 1.81. The number of unbranched alkanes of at least 4 members (excludes halogenated alkanes) is 4. The summed E-state index contributed by atoms with van der Waals surface area (Å²) in [7, 11) is 1.10. The molecule has 4 heteroatoms.